The van der Waals surface area contributed by atoms with Gasteiger partial charge in [0.05, 0.1) is 11.1 Å². The minimum absolute atomic E-state index is 0.182. The second-order valence-electron chi connectivity index (χ2n) is 8.49. The molecule has 0 aromatic heterocycles. The first-order valence-corrected chi connectivity index (χ1v) is 10.6. The minimum Gasteiger partial charge on any atom is -0.489 e. The second-order valence-corrected chi connectivity index (χ2v) is 8.49. The molecule has 0 aliphatic carbocycles. The number of hydrogen-bond acceptors (Lipinski definition) is 5. The maximum absolute atomic E-state index is 12.9. The summed E-state index contributed by atoms with van der Waals surface area (Å²) in [7, 11) is 0. The van der Waals surface area contributed by atoms with E-state index in [1.807, 2.05) is 49.4 Å². The summed E-state index contributed by atoms with van der Waals surface area (Å²) in [5, 5.41) is 17.5. The Hall–Kier alpha value is -2.41. The topological polar surface area (TPSA) is 79.8 Å². The van der Waals surface area contributed by atoms with E-state index in [1.54, 1.807) is 12.1 Å². The summed E-state index contributed by atoms with van der Waals surface area (Å²) >= 11 is 0. The van der Waals surface area contributed by atoms with Gasteiger partial charge in [0.2, 0.25) is 0 Å². The van der Waals surface area contributed by atoms with Gasteiger partial charge < -0.3 is 25.2 Å². The van der Waals surface area contributed by atoms with E-state index >= 15 is 0 Å². The van der Waals surface area contributed by atoms with Gasteiger partial charge in [-0.25, -0.2) is 0 Å². The van der Waals surface area contributed by atoms with E-state index in [1.165, 1.54) is 0 Å². The number of benzene rings is 2. The highest BCUT2D eigenvalue weighted by molar-refractivity contribution is 5.94. The van der Waals surface area contributed by atoms with Crippen LogP contribution in [-0.2, 0) is 11.3 Å². The molecule has 1 spiro atoms. The third-order valence-corrected chi connectivity index (χ3v) is 6.33. The normalized spacial score (nSPS) is 25.6. The molecule has 4 rings (SSSR count). The van der Waals surface area contributed by atoms with Crippen LogP contribution in [-0.4, -0.2) is 48.0 Å². The van der Waals surface area contributed by atoms with E-state index in [2.05, 4.69) is 10.6 Å². The van der Waals surface area contributed by atoms with Gasteiger partial charge in [0, 0.05) is 12.2 Å². The average Bonchev–Trinajstić information content (AvgIpc) is 2.78. The van der Waals surface area contributed by atoms with Gasteiger partial charge in [0.15, 0.2) is 0 Å². The number of carbonyl (C=O) groups is 1. The zero-order valence-corrected chi connectivity index (χ0v) is 17.4. The van der Waals surface area contributed by atoms with Crippen molar-refractivity contribution >= 4 is 5.91 Å². The monoisotopic (exact) mass is 410 g/mol. The van der Waals surface area contributed by atoms with E-state index in [-0.39, 0.29) is 5.91 Å². The Morgan fingerprint density at radius 3 is 2.53 bits per heavy atom. The van der Waals surface area contributed by atoms with Crippen molar-refractivity contribution in [3.05, 3.63) is 65.7 Å². The molecule has 2 saturated heterocycles. The molecule has 0 bridgehead atoms. The summed E-state index contributed by atoms with van der Waals surface area (Å²) in [6, 6.07) is 17.0. The average molecular weight is 411 g/mol. The first-order valence-electron chi connectivity index (χ1n) is 10.6. The molecule has 2 aliphatic heterocycles. The van der Waals surface area contributed by atoms with Crippen LogP contribution in [0.25, 0.3) is 0 Å². The Balaban J connectivity index is 1.39. The molecular formula is C24H30N2O4. The number of aliphatic hydroxyl groups excluding tert-OH is 1. The SMILES string of the molecule is C[C@@]1(NC(=O)c2ccc(COc3ccccc3)cc2)CCOC2(CCNCC2)C1O. The van der Waals surface area contributed by atoms with Gasteiger partial charge in [-0.3, -0.25) is 4.79 Å². The van der Waals surface area contributed by atoms with Crippen molar-refractivity contribution in [3.8, 4) is 5.75 Å². The predicted octanol–water partition coefficient (Wildman–Crippen LogP) is 2.66. The molecule has 30 heavy (non-hydrogen) atoms. The summed E-state index contributed by atoms with van der Waals surface area (Å²) in [4.78, 5) is 12.9. The van der Waals surface area contributed by atoms with E-state index in [4.69, 9.17) is 9.47 Å². The first-order chi connectivity index (χ1) is 14.5. The maximum Gasteiger partial charge on any atom is 0.251 e. The lowest BCUT2D eigenvalue weighted by molar-refractivity contribution is -0.197. The number of aliphatic hydroxyl groups is 1. The molecule has 2 heterocycles. The molecule has 2 atom stereocenters. The number of nitrogens with one attached hydrogen (secondary N) is 2. The molecule has 1 unspecified atom stereocenters. The summed E-state index contributed by atoms with van der Waals surface area (Å²) in [6.45, 7) is 4.52. The van der Waals surface area contributed by atoms with Crippen LogP contribution in [0.5, 0.6) is 5.75 Å². The molecule has 0 radical (unpaired) electrons. The van der Waals surface area contributed by atoms with Crippen LogP contribution in [0.3, 0.4) is 0 Å². The number of rotatable bonds is 5. The molecule has 0 saturated carbocycles. The number of para-hydroxylation sites is 1. The zero-order valence-electron chi connectivity index (χ0n) is 17.4. The highest BCUT2D eigenvalue weighted by atomic mass is 16.5. The van der Waals surface area contributed by atoms with Crippen LogP contribution in [0.1, 0.15) is 42.1 Å². The Labute approximate surface area is 177 Å². The van der Waals surface area contributed by atoms with Crippen molar-refractivity contribution in [2.45, 2.75) is 50.0 Å². The zero-order chi connectivity index (χ0) is 21.0. The minimum atomic E-state index is -0.747. The van der Waals surface area contributed by atoms with Crippen molar-refractivity contribution in [2.24, 2.45) is 0 Å². The molecule has 160 valence electrons. The van der Waals surface area contributed by atoms with E-state index in [0.29, 0.717) is 25.2 Å². The highest BCUT2D eigenvalue weighted by Crippen LogP contribution is 2.38. The third kappa shape index (κ3) is 4.36. The van der Waals surface area contributed by atoms with E-state index in [9.17, 15) is 9.90 Å². The van der Waals surface area contributed by atoms with Crippen LogP contribution >= 0.6 is 0 Å². The number of amides is 1. The lowest BCUT2D eigenvalue weighted by atomic mass is 9.73. The van der Waals surface area contributed by atoms with Gasteiger partial charge in [-0.2, -0.15) is 0 Å². The molecule has 2 aromatic rings. The van der Waals surface area contributed by atoms with Crippen LogP contribution in [0.2, 0.25) is 0 Å². The Kier molecular flexibility index (Phi) is 6.09. The van der Waals surface area contributed by atoms with Crippen molar-refractivity contribution < 1.29 is 19.4 Å². The summed E-state index contributed by atoms with van der Waals surface area (Å²) in [5.74, 6) is 0.630. The van der Waals surface area contributed by atoms with Crippen molar-refractivity contribution in [3.63, 3.8) is 0 Å². The Morgan fingerprint density at radius 2 is 1.83 bits per heavy atom. The van der Waals surface area contributed by atoms with E-state index < -0.39 is 17.2 Å². The van der Waals surface area contributed by atoms with Crippen LogP contribution < -0.4 is 15.4 Å². The lowest BCUT2D eigenvalue weighted by Gasteiger charge is -2.52. The van der Waals surface area contributed by atoms with Gasteiger partial charge in [-0.1, -0.05) is 30.3 Å². The van der Waals surface area contributed by atoms with Gasteiger partial charge in [0.25, 0.3) is 5.91 Å². The number of ether oxygens (including phenoxy) is 2. The third-order valence-electron chi connectivity index (χ3n) is 6.33. The fourth-order valence-electron chi connectivity index (χ4n) is 4.43. The molecule has 1 amide bonds. The number of hydrogen-bond donors (Lipinski definition) is 3. The Bertz CT molecular complexity index is 844. The molecule has 2 fully saturated rings. The number of piperidine rings is 1. The highest BCUT2D eigenvalue weighted by Gasteiger charge is 2.53. The quantitative estimate of drug-likeness (QED) is 0.706. The molecule has 3 N–H and O–H groups in total. The van der Waals surface area contributed by atoms with Gasteiger partial charge >= 0.3 is 0 Å². The van der Waals surface area contributed by atoms with Gasteiger partial charge in [-0.15, -0.1) is 0 Å². The first kappa shape index (κ1) is 20.8. The van der Waals surface area contributed by atoms with Crippen molar-refractivity contribution in [1.29, 1.82) is 0 Å². The molecule has 6 heteroatoms. The van der Waals surface area contributed by atoms with Crippen molar-refractivity contribution in [2.75, 3.05) is 19.7 Å². The van der Waals surface area contributed by atoms with Gasteiger partial charge in [-0.05, 0) is 69.1 Å². The van der Waals surface area contributed by atoms with Crippen LogP contribution in [0.15, 0.2) is 54.6 Å². The molecule has 2 aromatic carbocycles. The maximum atomic E-state index is 12.9. The molecular weight excluding hydrogens is 380 g/mol. The van der Waals surface area contributed by atoms with Crippen molar-refractivity contribution in [1.82, 2.24) is 10.6 Å². The standard InChI is InChI=1S/C24H30N2O4/c1-23(13-16-30-24(22(23)28)11-14-25-15-12-24)26-21(27)19-9-7-18(8-10-19)17-29-20-5-3-2-4-6-20/h2-10,22,25,28H,11-17H2,1H3,(H,26,27)/t22?,23-/m1/s1. The predicted molar refractivity (Wildman–Crippen MR) is 114 cm³/mol. The second kappa shape index (κ2) is 8.76. The smallest absolute Gasteiger partial charge is 0.251 e. The molecule has 6 nitrogen and oxygen atoms in total. The fourth-order valence-corrected chi connectivity index (χ4v) is 4.43. The lowest BCUT2D eigenvalue weighted by Crippen LogP contribution is -2.69. The van der Waals surface area contributed by atoms with Crippen LogP contribution in [0.4, 0.5) is 0 Å². The summed E-state index contributed by atoms with van der Waals surface area (Å²) < 4.78 is 11.8. The molecule has 2 aliphatic rings. The summed E-state index contributed by atoms with van der Waals surface area (Å²) in [6.07, 6.45) is 1.33. The Morgan fingerprint density at radius 1 is 1.13 bits per heavy atom. The van der Waals surface area contributed by atoms with Gasteiger partial charge in [0.1, 0.15) is 18.5 Å². The summed E-state index contributed by atoms with van der Waals surface area (Å²) in [5.41, 5.74) is 0.255. The van der Waals surface area contributed by atoms with Crippen LogP contribution in [0, 0.1) is 0 Å². The van der Waals surface area contributed by atoms with E-state index in [0.717, 1.165) is 37.2 Å². The largest absolute Gasteiger partial charge is 0.489 e. The number of carbonyl (C=O) groups excluding carboxylic acids is 1. The fraction of sp³-hybridized carbons (Fsp3) is 0.458.